The van der Waals surface area contributed by atoms with E-state index in [1.54, 1.807) is 12.1 Å². The van der Waals surface area contributed by atoms with E-state index < -0.39 is 0 Å². The van der Waals surface area contributed by atoms with E-state index in [9.17, 15) is 4.79 Å². The summed E-state index contributed by atoms with van der Waals surface area (Å²) in [4.78, 5) is 14.9. The first-order valence-corrected chi connectivity index (χ1v) is 8.78. The Morgan fingerprint density at radius 3 is 2.07 bits per heavy atom. The smallest absolute Gasteiger partial charge is 0.251 e. The molecule has 1 unspecified atom stereocenters. The summed E-state index contributed by atoms with van der Waals surface area (Å²) in [7, 11) is 8.58. The SMILES string of the molecule is COc1cc(C(=O)NC(Cc2ccccc2)CN(C)C)cc(OC)c1OC. The second-order valence-corrected chi connectivity index (χ2v) is 6.54. The summed E-state index contributed by atoms with van der Waals surface area (Å²) in [6.07, 6.45) is 0.745. The van der Waals surface area contributed by atoms with Gasteiger partial charge in [0.1, 0.15) is 0 Å². The number of hydrogen-bond acceptors (Lipinski definition) is 5. The number of ether oxygens (including phenoxy) is 3. The molecule has 0 aliphatic rings. The van der Waals surface area contributed by atoms with Crippen LogP contribution in [-0.2, 0) is 6.42 Å². The fourth-order valence-corrected chi connectivity index (χ4v) is 2.98. The van der Waals surface area contributed by atoms with Crippen molar-refractivity contribution in [3.63, 3.8) is 0 Å². The summed E-state index contributed by atoms with van der Waals surface area (Å²) in [6, 6.07) is 13.4. The van der Waals surface area contributed by atoms with Gasteiger partial charge in [0.2, 0.25) is 5.75 Å². The standard InChI is InChI=1S/C21H28N2O4/c1-23(2)14-17(11-15-9-7-6-8-10-15)22-21(24)16-12-18(25-3)20(27-5)19(13-16)26-4/h6-10,12-13,17H,11,14H2,1-5H3,(H,22,24). The first-order chi connectivity index (χ1) is 13.0. The molecule has 0 aliphatic carbocycles. The van der Waals surface area contributed by atoms with Crippen LogP contribution in [0.25, 0.3) is 0 Å². The Kier molecular flexibility index (Phi) is 7.49. The molecular formula is C21H28N2O4. The zero-order valence-corrected chi connectivity index (χ0v) is 16.6. The van der Waals surface area contributed by atoms with Gasteiger partial charge in [-0.25, -0.2) is 0 Å². The summed E-state index contributed by atoms with van der Waals surface area (Å²) in [5, 5.41) is 3.12. The van der Waals surface area contributed by atoms with Crippen molar-refractivity contribution in [2.45, 2.75) is 12.5 Å². The van der Waals surface area contributed by atoms with Gasteiger partial charge < -0.3 is 24.4 Å². The third-order valence-corrected chi connectivity index (χ3v) is 4.17. The molecule has 146 valence electrons. The molecule has 0 bridgehead atoms. The Hall–Kier alpha value is -2.73. The van der Waals surface area contributed by atoms with Crippen molar-refractivity contribution in [1.82, 2.24) is 10.2 Å². The van der Waals surface area contributed by atoms with Crippen molar-refractivity contribution in [3.05, 3.63) is 53.6 Å². The lowest BCUT2D eigenvalue weighted by atomic mass is 10.0. The van der Waals surface area contributed by atoms with Gasteiger partial charge >= 0.3 is 0 Å². The number of methoxy groups -OCH3 is 3. The van der Waals surface area contributed by atoms with Gasteiger partial charge in [-0.15, -0.1) is 0 Å². The summed E-state index contributed by atoms with van der Waals surface area (Å²) in [5.41, 5.74) is 1.64. The van der Waals surface area contributed by atoms with Crippen molar-refractivity contribution in [3.8, 4) is 17.2 Å². The number of nitrogens with one attached hydrogen (secondary N) is 1. The molecule has 0 aliphatic heterocycles. The normalized spacial score (nSPS) is 11.8. The molecule has 0 heterocycles. The minimum atomic E-state index is -0.183. The zero-order valence-electron chi connectivity index (χ0n) is 16.6. The summed E-state index contributed by atoms with van der Waals surface area (Å²) in [5.74, 6) is 1.19. The lowest BCUT2D eigenvalue weighted by Gasteiger charge is -2.23. The Balaban J connectivity index is 2.23. The number of carbonyl (C=O) groups excluding carboxylic acids is 1. The molecule has 0 fully saturated rings. The van der Waals surface area contributed by atoms with Crippen LogP contribution in [0, 0.1) is 0 Å². The van der Waals surface area contributed by atoms with Crippen LogP contribution in [0.1, 0.15) is 15.9 Å². The number of likely N-dealkylation sites (N-methyl/N-ethyl adjacent to an activating group) is 1. The summed E-state index contributed by atoms with van der Waals surface area (Å²) in [6.45, 7) is 0.727. The molecule has 2 aromatic carbocycles. The van der Waals surface area contributed by atoms with E-state index in [1.165, 1.54) is 26.9 Å². The summed E-state index contributed by atoms with van der Waals surface area (Å²) < 4.78 is 16.0. The molecule has 6 heteroatoms. The van der Waals surface area contributed by atoms with E-state index in [4.69, 9.17) is 14.2 Å². The molecule has 1 amide bonds. The van der Waals surface area contributed by atoms with Crippen LogP contribution in [0.2, 0.25) is 0 Å². The number of carbonyl (C=O) groups is 1. The highest BCUT2D eigenvalue weighted by molar-refractivity contribution is 5.95. The minimum Gasteiger partial charge on any atom is -0.493 e. The van der Waals surface area contributed by atoms with Gasteiger partial charge in [-0.05, 0) is 38.2 Å². The fourth-order valence-electron chi connectivity index (χ4n) is 2.98. The van der Waals surface area contributed by atoms with E-state index in [0.29, 0.717) is 22.8 Å². The predicted molar refractivity (Wildman–Crippen MR) is 106 cm³/mol. The van der Waals surface area contributed by atoms with Gasteiger partial charge in [-0.1, -0.05) is 30.3 Å². The predicted octanol–water partition coefficient (Wildman–Crippen LogP) is 2.62. The van der Waals surface area contributed by atoms with Crippen LogP contribution in [0.5, 0.6) is 17.2 Å². The molecule has 2 aromatic rings. The van der Waals surface area contributed by atoms with Crippen LogP contribution in [0.4, 0.5) is 0 Å². The van der Waals surface area contributed by atoms with E-state index in [1.807, 2.05) is 32.3 Å². The second-order valence-electron chi connectivity index (χ2n) is 6.54. The van der Waals surface area contributed by atoms with Gasteiger partial charge in [0.15, 0.2) is 11.5 Å². The van der Waals surface area contributed by atoms with Crippen LogP contribution in [0.15, 0.2) is 42.5 Å². The van der Waals surface area contributed by atoms with Crippen LogP contribution >= 0.6 is 0 Å². The largest absolute Gasteiger partial charge is 0.493 e. The molecule has 0 spiro atoms. The third kappa shape index (κ3) is 5.62. The van der Waals surface area contributed by atoms with Crippen molar-refractivity contribution >= 4 is 5.91 Å². The fraction of sp³-hybridized carbons (Fsp3) is 0.381. The monoisotopic (exact) mass is 372 g/mol. The number of nitrogens with zero attached hydrogens (tertiary/aromatic N) is 1. The average Bonchev–Trinajstić information content (AvgIpc) is 2.66. The molecular weight excluding hydrogens is 344 g/mol. The van der Waals surface area contributed by atoms with Crippen molar-refractivity contribution in [2.24, 2.45) is 0 Å². The van der Waals surface area contributed by atoms with E-state index in [-0.39, 0.29) is 11.9 Å². The zero-order chi connectivity index (χ0) is 19.8. The topological polar surface area (TPSA) is 60.0 Å². The maximum atomic E-state index is 12.9. The summed E-state index contributed by atoms with van der Waals surface area (Å²) >= 11 is 0. The Morgan fingerprint density at radius 2 is 1.59 bits per heavy atom. The van der Waals surface area contributed by atoms with Crippen LogP contribution < -0.4 is 19.5 Å². The van der Waals surface area contributed by atoms with Gasteiger partial charge in [0.25, 0.3) is 5.91 Å². The number of rotatable bonds is 9. The van der Waals surface area contributed by atoms with Gasteiger partial charge in [-0.3, -0.25) is 4.79 Å². The molecule has 1 N–H and O–H groups in total. The van der Waals surface area contributed by atoms with E-state index >= 15 is 0 Å². The molecule has 0 saturated carbocycles. The molecule has 1 atom stereocenters. The Morgan fingerprint density at radius 1 is 1.00 bits per heavy atom. The first kappa shape index (κ1) is 20.6. The Bertz CT molecular complexity index is 722. The lowest BCUT2D eigenvalue weighted by molar-refractivity contribution is 0.0929. The quantitative estimate of drug-likeness (QED) is 0.733. The van der Waals surface area contributed by atoms with E-state index in [2.05, 4.69) is 22.3 Å². The second kappa shape index (κ2) is 9.83. The number of benzene rings is 2. The number of hydrogen-bond donors (Lipinski definition) is 1. The Labute approximate surface area is 161 Å². The van der Waals surface area contributed by atoms with E-state index in [0.717, 1.165) is 13.0 Å². The molecule has 27 heavy (non-hydrogen) atoms. The maximum absolute atomic E-state index is 12.9. The third-order valence-electron chi connectivity index (χ3n) is 4.17. The molecule has 2 rings (SSSR count). The molecule has 0 radical (unpaired) electrons. The highest BCUT2D eigenvalue weighted by Crippen LogP contribution is 2.38. The van der Waals surface area contributed by atoms with Crippen molar-refractivity contribution in [2.75, 3.05) is 42.0 Å². The first-order valence-electron chi connectivity index (χ1n) is 8.78. The van der Waals surface area contributed by atoms with Crippen molar-refractivity contribution in [1.29, 1.82) is 0 Å². The van der Waals surface area contributed by atoms with Crippen molar-refractivity contribution < 1.29 is 19.0 Å². The molecule has 6 nitrogen and oxygen atoms in total. The van der Waals surface area contributed by atoms with Gasteiger partial charge in [0, 0.05) is 18.2 Å². The molecule has 0 saturated heterocycles. The number of amides is 1. The highest BCUT2D eigenvalue weighted by Gasteiger charge is 2.20. The van der Waals surface area contributed by atoms with Gasteiger partial charge in [-0.2, -0.15) is 0 Å². The maximum Gasteiger partial charge on any atom is 0.251 e. The molecule has 0 aromatic heterocycles. The highest BCUT2D eigenvalue weighted by atomic mass is 16.5. The van der Waals surface area contributed by atoms with Gasteiger partial charge in [0.05, 0.1) is 21.3 Å². The van der Waals surface area contributed by atoms with Crippen LogP contribution in [-0.4, -0.2) is 58.8 Å². The average molecular weight is 372 g/mol. The minimum absolute atomic E-state index is 0.0333. The lowest BCUT2D eigenvalue weighted by Crippen LogP contribution is -2.43. The van der Waals surface area contributed by atoms with Crippen LogP contribution in [0.3, 0.4) is 0 Å².